The third-order valence-electron chi connectivity index (χ3n) is 1.67. The van der Waals surface area contributed by atoms with E-state index in [4.69, 9.17) is 9.26 Å². The number of aliphatic hydroxyl groups is 1. The van der Waals surface area contributed by atoms with Gasteiger partial charge in [0.25, 0.3) is 0 Å². The molecule has 0 amide bonds. The van der Waals surface area contributed by atoms with Gasteiger partial charge in [0.05, 0.1) is 12.5 Å². The summed E-state index contributed by atoms with van der Waals surface area (Å²) in [5, 5.41) is 13.0. The van der Waals surface area contributed by atoms with Crippen LogP contribution in [-0.2, 0) is 17.8 Å². The van der Waals surface area contributed by atoms with E-state index in [9.17, 15) is 5.11 Å². The Morgan fingerprint density at radius 3 is 3.00 bits per heavy atom. The van der Waals surface area contributed by atoms with Crippen LogP contribution < -0.4 is 0 Å². The molecule has 1 rings (SSSR count). The second-order valence-corrected chi connectivity index (χ2v) is 2.80. The number of methoxy groups -OCH3 is 1. The Hall–Kier alpha value is -0.940. The van der Waals surface area contributed by atoms with Crippen molar-refractivity contribution in [3.8, 4) is 0 Å². The smallest absolute Gasteiger partial charge is 0.229 e. The Labute approximate surface area is 76.7 Å². The molecule has 1 atom stereocenters. The van der Waals surface area contributed by atoms with Crippen molar-refractivity contribution in [1.29, 1.82) is 0 Å². The molecule has 5 nitrogen and oxygen atoms in total. The summed E-state index contributed by atoms with van der Waals surface area (Å²) in [7, 11) is 1.57. The van der Waals surface area contributed by atoms with Gasteiger partial charge in [-0.3, -0.25) is 0 Å². The highest BCUT2D eigenvalue weighted by Gasteiger charge is 2.10. The molecule has 0 saturated carbocycles. The van der Waals surface area contributed by atoms with Gasteiger partial charge in [0, 0.05) is 7.11 Å². The Morgan fingerprint density at radius 1 is 1.62 bits per heavy atom. The fourth-order valence-electron chi connectivity index (χ4n) is 0.907. The summed E-state index contributed by atoms with van der Waals surface area (Å²) in [6.07, 6.45) is 0.686. The van der Waals surface area contributed by atoms with Crippen LogP contribution in [0.2, 0.25) is 0 Å². The van der Waals surface area contributed by atoms with E-state index in [-0.39, 0.29) is 0 Å². The third-order valence-corrected chi connectivity index (χ3v) is 1.67. The van der Waals surface area contributed by atoms with Crippen LogP contribution in [0, 0.1) is 0 Å². The lowest BCUT2D eigenvalue weighted by Crippen LogP contribution is -2.08. The maximum atomic E-state index is 9.29. The van der Waals surface area contributed by atoms with Crippen LogP contribution in [-0.4, -0.2) is 28.5 Å². The normalized spacial score (nSPS) is 13.2. The molecule has 0 fully saturated rings. The molecular formula is C8H14N2O3. The van der Waals surface area contributed by atoms with Crippen molar-refractivity contribution < 1.29 is 14.4 Å². The largest absolute Gasteiger partial charge is 0.393 e. The number of hydrogen-bond acceptors (Lipinski definition) is 5. The van der Waals surface area contributed by atoms with Gasteiger partial charge >= 0.3 is 0 Å². The Bertz CT molecular complexity index is 249. The summed E-state index contributed by atoms with van der Waals surface area (Å²) in [6, 6.07) is 0. The molecule has 1 aromatic heterocycles. The van der Waals surface area contributed by atoms with Crippen LogP contribution in [0.4, 0.5) is 0 Å². The van der Waals surface area contributed by atoms with Crippen LogP contribution in [0.3, 0.4) is 0 Å². The van der Waals surface area contributed by atoms with E-state index in [1.165, 1.54) is 0 Å². The van der Waals surface area contributed by atoms with Gasteiger partial charge in [-0.25, -0.2) is 0 Å². The Kier molecular flexibility index (Phi) is 3.85. The number of hydrogen-bond donors (Lipinski definition) is 1. The van der Waals surface area contributed by atoms with E-state index in [0.29, 0.717) is 31.2 Å². The molecule has 0 radical (unpaired) electrons. The van der Waals surface area contributed by atoms with E-state index in [2.05, 4.69) is 10.1 Å². The minimum absolute atomic E-state index is 0.339. The predicted octanol–water partition coefficient (Wildman–Crippen LogP) is 0.529. The zero-order valence-corrected chi connectivity index (χ0v) is 7.86. The number of aliphatic hydroxyl groups excluding tert-OH is 1. The zero-order valence-electron chi connectivity index (χ0n) is 7.86. The van der Waals surface area contributed by atoms with Crippen LogP contribution in [0.5, 0.6) is 0 Å². The van der Waals surface area contributed by atoms with Gasteiger partial charge in [0.2, 0.25) is 5.89 Å². The lowest BCUT2D eigenvalue weighted by molar-refractivity contribution is 0.157. The molecule has 0 spiro atoms. The molecular weight excluding hydrogens is 172 g/mol. The Balaban J connectivity index is 2.48. The standard InChI is InChI=1S/C8H14N2O3/c1-3-6(11)4-8-9-7(5-12-2)10-13-8/h6,11H,3-5H2,1-2H3. The van der Waals surface area contributed by atoms with Crippen molar-refractivity contribution in [3.63, 3.8) is 0 Å². The van der Waals surface area contributed by atoms with Crippen molar-refractivity contribution in [3.05, 3.63) is 11.7 Å². The minimum Gasteiger partial charge on any atom is -0.393 e. The molecule has 0 aliphatic rings. The maximum Gasteiger partial charge on any atom is 0.229 e. The molecule has 1 heterocycles. The van der Waals surface area contributed by atoms with Gasteiger partial charge in [-0.2, -0.15) is 4.98 Å². The van der Waals surface area contributed by atoms with Gasteiger partial charge in [0.1, 0.15) is 6.61 Å². The average molecular weight is 186 g/mol. The number of rotatable bonds is 5. The van der Waals surface area contributed by atoms with Crippen molar-refractivity contribution in [2.24, 2.45) is 0 Å². The summed E-state index contributed by atoms with van der Waals surface area (Å²) in [6.45, 7) is 2.24. The molecule has 5 heteroatoms. The predicted molar refractivity (Wildman–Crippen MR) is 45.0 cm³/mol. The topological polar surface area (TPSA) is 68.4 Å². The first-order valence-corrected chi connectivity index (χ1v) is 4.24. The van der Waals surface area contributed by atoms with Crippen molar-refractivity contribution in [2.75, 3.05) is 7.11 Å². The van der Waals surface area contributed by atoms with E-state index < -0.39 is 6.10 Å². The summed E-state index contributed by atoms with van der Waals surface area (Å²) < 4.78 is 9.71. The van der Waals surface area contributed by atoms with E-state index in [1.807, 2.05) is 6.92 Å². The molecule has 13 heavy (non-hydrogen) atoms. The van der Waals surface area contributed by atoms with Crippen molar-refractivity contribution >= 4 is 0 Å². The molecule has 0 aliphatic carbocycles. The van der Waals surface area contributed by atoms with Gasteiger partial charge in [-0.1, -0.05) is 12.1 Å². The first-order chi connectivity index (χ1) is 6.26. The molecule has 74 valence electrons. The highest BCUT2D eigenvalue weighted by Crippen LogP contribution is 2.04. The van der Waals surface area contributed by atoms with Gasteiger partial charge in [-0.05, 0) is 6.42 Å². The second kappa shape index (κ2) is 4.94. The van der Waals surface area contributed by atoms with Crippen LogP contribution in [0.15, 0.2) is 4.52 Å². The quantitative estimate of drug-likeness (QED) is 0.726. The first kappa shape index (κ1) is 10.1. The van der Waals surface area contributed by atoms with Gasteiger partial charge in [0.15, 0.2) is 5.82 Å². The maximum absolute atomic E-state index is 9.29. The molecule has 0 aliphatic heterocycles. The van der Waals surface area contributed by atoms with Crippen molar-refractivity contribution in [1.82, 2.24) is 10.1 Å². The molecule has 1 unspecified atom stereocenters. The summed E-state index contributed by atoms with van der Waals surface area (Å²) in [5.41, 5.74) is 0. The van der Waals surface area contributed by atoms with Crippen LogP contribution >= 0.6 is 0 Å². The Morgan fingerprint density at radius 2 is 2.38 bits per heavy atom. The summed E-state index contributed by atoms with van der Waals surface area (Å²) >= 11 is 0. The monoisotopic (exact) mass is 186 g/mol. The zero-order chi connectivity index (χ0) is 9.68. The molecule has 1 aromatic rings. The van der Waals surface area contributed by atoms with Crippen molar-refractivity contribution in [2.45, 2.75) is 32.5 Å². The SMILES string of the molecule is CCC(O)Cc1nc(COC)no1. The third kappa shape index (κ3) is 3.12. The summed E-state index contributed by atoms with van der Waals surface area (Å²) in [5.74, 6) is 0.974. The first-order valence-electron chi connectivity index (χ1n) is 4.24. The molecule has 0 aromatic carbocycles. The van der Waals surface area contributed by atoms with Gasteiger partial charge in [-0.15, -0.1) is 0 Å². The second-order valence-electron chi connectivity index (χ2n) is 2.80. The molecule has 0 bridgehead atoms. The number of ether oxygens (including phenoxy) is 1. The number of nitrogens with zero attached hydrogens (tertiary/aromatic N) is 2. The van der Waals surface area contributed by atoms with E-state index in [0.717, 1.165) is 0 Å². The van der Waals surface area contributed by atoms with Crippen LogP contribution in [0.1, 0.15) is 25.1 Å². The summed E-state index contributed by atoms with van der Waals surface area (Å²) in [4.78, 5) is 4.03. The fourth-order valence-corrected chi connectivity index (χ4v) is 0.907. The highest BCUT2D eigenvalue weighted by atomic mass is 16.5. The fraction of sp³-hybridized carbons (Fsp3) is 0.750. The molecule has 0 saturated heterocycles. The van der Waals surface area contributed by atoms with Gasteiger partial charge < -0.3 is 14.4 Å². The van der Waals surface area contributed by atoms with E-state index >= 15 is 0 Å². The van der Waals surface area contributed by atoms with E-state index in [1.54, 1.807) is 7.11 Å². The number of aromatic nitrogens is 2. The molecule has 1 N–H and O–H groups in total. The lowest BCUT2D eigenvalue weighted by atomic mass is 10.2. The highest BCUT2D eigenvalue weighted by molar-refractivity contribution is 4.86. The average Bonchev–Trinajstić information content (AvgIpc) is 2.53. The van der Waals surface area contributed by atoms with Crippen LogP contribution in [0.25, 0.3) is 0 Å². The minimum atomic E-state index is -0.407. The lowest BCUT2D eigenvalue weighted by Gasteiger charge is -2.01.